The first-order valence-corrected chi connectivity index (χ1v) is 8.93. The highest BCUT2D eigenvalue weighted by molar-refractivity contribution is 8.35. The number of hydrogen-bond donors (Lipinski definition) is 1. The van der Waals surface area contributed by atoms with E-state index in [1.807, 2.05) is 0 Å². The van der Waals surface area contributed by atoms with Crippen molar-refractivity contribution in [1.82, 2.24) is 0 Å². The van der Waals surface area contributed by atoms with Crippen molar-refractivity contribution in [1.29, 1.82) is 0 Å². The zero-order valence-electron chi connectivity index (χ0n) is 9.52. The minimum absolute atomic E-state index is 0.112. The molecule has 0 aliphatic heterocycles. The summed E-state index contributed by atoms with van der Waals surface area (Å²) in [6, 6.07) is 6.27. The minimum Gasteiger partial charge on any atom is -0.225 e. The topological polar surface area (TPSA) is 60.2 Å². The predicted molar refractivity (Wildman–Crippen MR) is 70.1 cm³/mol. The fourth-order valence-electron chi connectivity index (χ4n) is 0.940. The summed E-state index contributed by atoms with van der Waals surface area (Å²) < 4.78 is 22.0. The SMILES string of the molecule is CS(C)(C)C#Cc1ccc(S(N)(=O)=O)cc1. The van der Waals surface area contributed by atoms with Crippen molar-refractivity contribution in [2.75, 3.05) is 18.8 Å². The van der Waals surface area contributed by atoms with Gasteiger partial charge in [-0.2, -0.15) is 10.0 Å². The van der Waals surface area contributed by atoms with Crippen molar-refractivity contribution in [2.24, 2.45) is 5.14 Å². The monoisotopic (exact) mass is 257 g/mol. The highest BCUT2D eigenvalue weighted by Crippen LogP contribution is 2.32. The van der Waals surface area contributed by atoms with Crippen molar-refractivity contribution in [3.63, 3.8) is 0 Å². The van der Waals surface area contributed by atoms with E-state index in [1.165, 1.54) is 12.1 Å². The lowest BCUT2D eigenvalue weighted by molar-refractivity contribution is 0.598. The van der Waals surface area contributed by atoms with E-state index in [0.717, 1.165) is 5.56 Å². The molecule has 0 heterocycles. The van der Waals surface area contributed by atoms with Crippen LogP contribution >= 0.6 is 10.0 Å². The van der Waals surface area contributed by atoms with Gasteiger partial charge in [-0.05, 0) is 48.3 Å². The third-order valence-electron chi connectivity index (χ3n) is 1.68. The van der Waals surface area contributed by atoms with Gasteiger partial charge in [0.25, 0.3) is 0 Å². The second kappa shape index (κ2) is 4.50. The molecule has 0 amide bonds. The van der Waals surface area contributed by atoms with Crippen LogP contribution in [0.4, 0.5) is 0 Å². The van der Waals surface area contributed by atoms with Crippen molar-refractivity contribution < 1.29 is 8.42 Å². The van der Waals surface area contributed by atoms with Crippen LogP contribution in [0.25, 0.3) is 0 Å². The van der Waals surface area contributed by atoms with Gasteiger partial charge in [0.15, 0.2) is 0 Å². The van der Waals surface area contributed by atoms with E-state index in [0.29, 0.717) is 0 Å². The molecule has 0 atom stereocenters. The number of rotatable bonds is 1. The van der Waals surface area contributed by atoms with E-state index in [-0.39, 0.29) is 4.90 Å². The van der Waals surface area contributed by atoms with Gasteiger partial charge in [0.2, 0.25) is 10.0 Å². The fourth-order valence-corrected chi connectivity index (χ4v) is 1.88. The summed E-state index contributed by atoms with van der Waals surface area (Å²) in [6.07, 6.45) is 6.29. The van der Waals surface area contributed by atoms with Crippen molar-refractivity contribution >= 4 is 20.1 Å². The second-order valence-electron chi connectivity index (χ2n) is 4.13. The molecule has 1 aromatic rings. The fraction of sp³-hybridized carbons (Fsp3) is 0.273. The number of sulfonamides is 1. The maximum atomic E-state index is 11.0. The lowest BCUT2D eigenvalue weighted by atomic mass is 10.2. The highest BCUT2D eigenvalue weighted by Gasteiger charge is 2.05. The van der Waals surface area contributed by atoms with Crippen LogP contribution in [0.1, 0.15) is 5.56 Å². The summed E-state index contributed by atoms with van der Waals surface area (Å²) in [4.78, 5) is 0.112. The van der Waals surface area contributed by atoms with Crippen LogP contribution in [0.2, 0.25) is 0 Å². The van der Waals surface area contributed by atoms with E-state index < -0.39 is 20.1 Å². The normalized spacial score (nSPS) is 12.8. The van der Waals surface area contributed by atoms with Gasteiger partial charge in [0.1, 0.15) is 0 Å². The van der Waals surface area contributed by atoms with Gasteiger partial charge >= 0.3 is 0 Å². The van der Waals surface area contributed by atoms with Crippen LogP contribution < -0.4 is 5.14 Å². The summed E-state index contributed by atoms with van der Waals surface area (Å²) in [5, 5.41) is 8.14. The quantitative estimate of drug-likeness (QED) is 0.772. The van der Waals surface area contributed by atoms with Gasteiger partial charge in [-0.15, -0.1) is 0 Å². The average molecular weight is 257 g/mol. The first kappa shape index (κ1) is 13.1. The Balaban J connectivity index is 3.00. The first-order valence-electron chi connectivity index (χ1n) is 4.52. The van der Waals surface area contributed by atoms with Gasteiger partial charge in [0.05, 0.1) is 4.90 Å². The Bertz CT molecular complexity index is 528. The molecule has 5 heteroatoms. The standard InChI is InChI=1S/C11H15NO2S2/c1-15(2,3)9-8-10-4-6-11(7-5-10)16(12,13)14/h4-7H,1-3H3,(H2,12,13,14). The van der Waals surface area contributed by atoms with E-state index in [9.17, 15) is 8.42 Å². The average Bonchev–Trinajstić information content (AvgIpc) is 2.13. The lowest BCUT2D eigenvalue weighted by Crippen LogP contribution is -2.11. The molecule has 0 spiro atoms. The molecule has 0 radical (unpaired) electrons. The largest absolute Gasteiger partial charge is 0.238 e. The van der Waals surface area contributed by atoms with E-state index in [4.69, 9.17) is 5.14 Å². The molecule has 0 aliphatic carbocycles. The maximum Gasteiger partial charge on any atom is 0.238 e. The van der Waals surface area contributed by atoms with Gasteiger partial charge in [-0.25, -0.2) is 13.6 Å². The van der Waals surface area contributed by atoms with Crippen LogP contribution in [0.15, 0.2) is 29.2 Å². The van der Waals surface area contributed by atoms with Crippen LogP contribution in [-0.4, -0.2) is 27.2 Å². The molecule has 0 saturated heterocycles. The molecule has 0 unspecified atom stereocenters. The Morgan fingerprint density at radius 3 is 1.94 bits per heavy atom. The molecular formula is C11H15NO2S2. The Labute approximate surface area is 98.4 Å². The Morgan fingerprint density at radius 1 is 1.06 bits per heavy atom. The van der Waals surface area contributed by atoms with E-state index in [1.54, 1.807) is 12.1 Å². The molecule has 0 aromatic heterocycles. The molecule has 0 bridgehead atoms. The number of benzene rings is 1. The van der Waals surface area contributed by atoms with Gasteiger partial charge in [-0.3, -0.25) is 0 Å². The summed E-state index contributed by atoms with van der Waals surface area (Å²) >= 11 is 0. The molecule has 0 aliphatic rings. The second-order valence-corrected chi connectivity index (χ2v) is 9.57. The Kier molecular flexibility index (Phi) is 3.68. The Hall–Kier alpha value is -0.960. The van der Waals surface area contributed by atoms with Crippen molar-refractivity contribution in [3.8, 4) is 11.2 Å². The van der Waals surface area contributed by atoms with Crippen LogP contribution in [0, 0.1) is 11.2 Å². The number of nitrogens with two attached hydrogens (primary N) is 1. The van der Waals surface area contributed by atoms with Crippen LogP contribution in [-0.2, 0) is 10.0 Å². The maximum absolute atomic E-state index is 11.0. The molecule has 88 valence electrons. The zero-order valence-corrected chi connectivity index (χ0v) is 11.2. The summed E-state index contributed by atoms with van der Waals surface area (Å²) in [5.41, 5.74) is 0.801. The molecule has 1 rings (SSSR count). The van der Waals surface area contributed by atoms with Crippen molar-refractivity contribution in [3.05, 3.63) is 29.8 Å². The number of hydrogen-bond acceptors (Lipinski definition) is 2. The molecule has 2 N–H and O–H groups in total. The lowest BCUT2D eigenvalue weighted by Gasteiger charge is -2.14. The molecule has 16 heavy (non-hydrogen) atoms. The molecule has 0 saturated carbocycles. The molecule has 3 nitrogen and oxygen atoms in total. The molecule has 1 aromatic carbocycles. The van der Waals surface area contributed by atoms with Gasteiger partial charge in [0, 0.05) is 5.56 Å². The first-order chi connectivity index (χ1) is 7.18. The summed E-state index contributed by atoms with van der Waals surface area (Å²) in [5.74, 6) is 3.01. The number of primary sulfonamides is 1. The summed E-state index contributed by atoms with van der Waals surface area (Å²) in [6.45, 7) is 0. The molecule has 0 fully saturated rings. The summed E-state index contributed by atoms with van der Waals surface area (Å²) in [7, 11) is -4.47. The van der Waals surface area contributed by atoms with Crippen molar-refractivity contribution in [2.45, 2.75) is 4.90 Å². The Morgan fingerprint density at radius 2 is 1.56 bits per heavy atom. The van der Waals surface area contributed by atoms with Crippen LogP contribution in [0.5, 0.6) is 0 Å². The van der Waals surface area contributed by atoms with E-state index in [2.05, 4.69) is 29.9 Å². The molecular weight excluding hydrogens is 242 g/mol. The zero-order chi connectivity index (χ0) is 12.4. The third kappa shape index (κ3) is 4.27. The third-order valence-corrected chi connectivity index (χ3v) is 3.33. The smallest absolute Gasteiger partial charge is 0.225 e. The minimum atomic E-state index is -3.61. The van der Waals surface area contributed by atoms with E-state index >= 15 is 0 Å². The highest BCUT2D eigenvalue weighted by atomic mass is 32.3. The van der Waals surface area contributed by atoms with Crippen LogP contribution in [0.3, 0.4) is 0 Å². The predicted octanol–water partition coefficient (Wildman–Crippen LogP) is 1.34. The van der Waals surface area contributed by atoms with Gasteiger partial charge in [-0.1, -0.05) is 5.92 Å². The van der Waals surface area contributed by atoms with Gasteiger partial charge < -0.3 is 0 Å².